The second kappa shape index (κ2) is 9.31. The highest BCUT2D eigenvalue weighted by atomic mass is 79.9. The van der Waals surface area contributed by atoms with E-state index < -0.39 is 0 Å². The summed E-state index contributed by atoms with van der Waals surface area (Å²) in [5.41, 5.74) is 1.23. The number of rotatable bonds is 9. The summed E-state index contributed by atoms with van der Waals surface area (Å²) >= 11 is 3.68. The fourth-order valence-corrected chi connectivity index (χ4v) is 2.91. The molecule has 0 fully saturated rings. The summed E-state index contributed by atoms with van der Waals surface area (Å²) < 4.78 is 12.5. The summed E-state index contributed by atoms with van der Waals surface area (Å²) in [6, 6.07) is 4.43. The highest BCUT2D eigenvalue weighted by Crippen LogP contribution is 2.37. The molecule has 0 saturated heterocycles. The molecule has 3 nitrogen and oxygen atoms in total. The Balaban J connectivity index is 3.06. The lowest BCUT2D eigenvalue weighted by Crippen LogP contribution is -2.18. The maximum Gasteiger partial charge on any atom is 0.162 e. The Morgan fingerprint density at radius 2 is 1.62 bits per heavy atom. The van der Waals surface area contributed by atoms with Crippen molar-refractivity contribution >= 4 is 15.9 Å². The zero-order chi connectivity index (χ0) is 15.8. The SMILES string of the molecule is CCOc1cc(Br)c(C(CCC(C)C)NC)cc1OCC. The van der Waals surface area contributed by atoms with Gasteiger partial charge in [-0.1, -0.05) is 29.8 Å². The van der Waals surface area contributed by atoms with E-state index in [-0.39, 0.29) is 0 Å². The Morgan fingerprint density at radius 1 is 1.05 bits per heavy atom. The van der Waals surface area contributed by atoms with Gasteiger partial charge in [0, 0.05) is 10.5 Å². The molecule has 1 aromatic carbocycles. The number of benzene rings is 1. The van der Waals surface area contributed by atoms with Crippen molar-refractivity contribution in [2.45, 2.75) is 46.6 Å². The first kappa shape index (κ1) is 18.3. The molecule has 0 heterocycles. The van der Waals surface area contributed by atoms with Crippen molar-refractivity contribution < 1.29 is 9.47 Å². The predicted octanol–water partition coefficient (Wildman–Crippen LogP) is 4.94. The molecule has 0 saturated carbocycles. The van der Waals surface area contributed by atoms with Gasteiger partial charge in [-0.15, -0.1) is 0 Å². The van der Waals surface area contributed by atoms with Crippen LogP contribution in [0.5, 0.6) is 11.5 Å². The number of ether oxygens (including phenoxy) is 2. The van der Waals surface area contributed by atoms with Crippen molar-refractivity contribution in [2.24, 2.45) is 5.92 Å². The van der Waals surface area contributed by atoms with Crippen LogP contribution in [-0.4, -0.2) is 20.3 Å². The maximum absolute atomic E-state index is 5.73. The van der Waals surface area contributed by atoms with Gasteiger partial charge in [-0.05, 0) is 57.4 Å². The molecule has 1 aromatic rings. The van der Waals surface area contributed by atoms with Crippen LogP contribution in [0.15, 0.2) is 16.6 Å². The third-order valence-electron chi connectivity index (χ3n) is 3.42. The van der Waals surface area contributed by atoms with E-state index in [0.717, 1.165) is 22.4 Å². The standard InChI is InChI=1S/C17H28BrNO2/c1-6-20-16-10-13(14(18)11-17(16)21-7-2)15(19-5)9-8-12(3)4/h10-12,15,19H,6-9H2,1-5H3. The van der Waals surface area contributed by atoms with Crippen molar-refractivity contribution in [1.29, 1.82) is 0 Å². The van der Waals surface area contributed by atoms with E-state index in [1.54, 1.807) is 0 Å². The smallest absolute Gasteiger partial charge is 0.162 e. The van der Waals surface area contributed by atoms with Crippen molar-refractivity contribution in [3.8, 4) is 11.5 Å². The van der Waals surface area contributed by atoms with Crippen molar-refractivity contribution in [3.63, 3.8) is 0 Å². The van der Waals surface area contributed by atoms with Crippen LogP contribution in [0.3, 0.4) is 0 Å². The van der Waals surface area contributed by atoms with Gasteiger partial charge in [0.25, 0.3) is 0 Å². The van der Waals surface area contributed by atoms with Crippen LogP contribution in [0, 0.1) is 5.92 Å². The van der Waals surface area contributed by atoms with E-state index in [4.69, 9.17) is 9.47 Å². The van der Waals surface area contributed by atoms with Gasteiger partial charge in [-0.25, -0.2) is 0 Å². The highest BCUT2D eigenvalue weighted by Gasteiger charge is 2.17. The fraction of sp³-hybridized carbons (Fsp3) is 0.647. The molecule has 120 valence electrons. The quantitative estimate of drug-likeness (QED) is 0.678. The summed E-state index contributed by atoms with van der Waals surface area (Å²) in [5, 5.41) is 3.41. The average molecular weight is 358 g/mol. The third-order valence-corrected chi connectivity index (χ3v) is 4.11. The molecule has 0 amide bonds. The molecule has 0 aliphatic carbocycles. The van der Waals surface area contributed by atoms with Crippen molar-refractivity contribution in [2.75, 3.05) is 20.3 Å². The second-order valence-corrected chi connectivity index (χ2v) is 6.35. The molecule has 1 unspecified atom stereocenters. The molecule has 0 aliphatic rings. The first-order valence-corrected chi connectivity index (χ1v) is 8.59. The Kier molecular flexibility index (Phi) is 8.12. The van der Waals surface area contributed by atoms with Crippen LogP contribution in [0.4, 0.5) is 0 Å². The normalized spacial score (nSPS) is 12.5. The Bertz CT molecular complexity index is 435. The van der Waals surface area contributed by atoms with Crippen LogP contribution in [-0.2, 0) is 0 Å². The molecule has 0 radical (unpaired) electrons. The van der Waals surface area contributed by atoms with Crippen LogP contribution in [0.2, 0.25) is 0 Å². The van der Waals surface area contributed by atoms with E-state index in [9.17, 15) is 0 Å². The van der Waals surface area contributed by atoms with Gasteiger partial charge in [0.2, 0.25) is 0 Å². The molecule has 0 aliphatic heterocycles. The summed E-state index contributed by atoms with van der Waals surface area (Å²) in [6.45, 7) is 9.76. The van der Waals surface area contributed by atoms with Gasteiger partial charge < -0.3 is 14.8 Å². The lowest BCUT2D eigenvalue weighted by Gasteiger charge is -2.21. The van der Waals surface area contributed by atoms with Crippen LogP contribution in [0.1, 0.15) is 52.1 Å². The van der Waals surface area contributed by atoms with Crippen LogP contribution in [0.25, 0.3) is 0 Å². The molecule has 1 rings (SSSR count). The van der Waals surface area contributed by atoms with Gasteiger partial charge in [0.1, 0.15) is 0 Å². The van der Waals surface area contributed by atoms with Crippen LogP contribution < -0.4 is 14.8 Å². The highest BCUT2D eigenvalue weighted by molar-refractivity contribution is 9.10. The number of nitrogens with one attached hydrogen (secondary N) is 1. The van der Waals surface area contributed by atoms with E-state index in [2.05, 4.69) is 41.2 Å². The number of hydrogen-bond acceptors (Lipinski definition) is 3. The molecule has 1 atom stereocenters. The zero-order valence-corrected chi connectivity index (χ0v) is 15.4. The molecular formula is C17H28BrNO2. The minimum absolute atomic E-state index is 0.316. The zero-order valence-electron chi connectivity index (χ0n) is 13.8. The van der Waals surface area contributed by atoms with Gasteiger partial charge in [0.15, 0.2) is 11.5 Å². The first-order chi connectivity index (χ1) is 10.0. The molecule has 0 spiro atoms. The van der Waals surface area contributed by atoms with E-state index in [0.29, 0.717) is 25.2 Å². The summed E-state index contributed by atoms with van der Waals surface area (Å²) in [5.74, 6) is 2.32. The maximum atomic E-state index is 5.73. The van der Waals surface area contributed by atoms with Gasteiger partial charge >= 0.3 is 0 Å². The topological polar surface area (TPSA) is 30.5 Å². The summed E-state index contributed by atoms with van der Waals surface area (Å²) in [7, 11) is 2.01. The first-order valence-electron chi connectivity index (χ1n) is 7.79. The van der Waals surface area contributed by atoms with Crippen molar-refractivity contribution in [3.05, 3.63) is 22.2 Å². The number of halogens is 1. The van der Waals surface area contributed by atoms with Gasteiger partial charge in [0.05, 0.1) is 13.2 Å². The minimum Gasteiger partial charge on any atom is -0.490 e. The largest absolute Gasteiger partial charge is 0.490 e. The fourth-order valence-electron chi connectivity index (χ4n) is 2.31. The number of hydrogen-bond donors (Lipinski definition) is 1. The Hall–Kier alpha value is -0.740. The molecule has 1 N–H and O–H groups in total. The molecule has 4 heteroatoms. The molecule has 0 bridgehead atoms. The van der Waals surface area contributed by atoms with Gasteiger partial charge in [-0.3, -0.25) is 0 Å². The lowest BCUT2D eigenvalue weighted by atomic mass is 9.97. The Labute approximate surface area is 137 Å². The Morgan fingerprint density at radius 3 is 2.10 bits per heavy atom. The summed E-state index contributed by atoms with van der Waals surface area (Å²) in [6.07, 6.45) is 2.29. The molecular weight excluding hydrogens is 330 g/mol. The van der Waals surface area contributed by atoms with E-state index in [1.807, 2.05) is 27.0 Å². The summed E-state index contributed by atoms with van der Waals surface area (Å²) in [4.78, 5) is 0. The molecule has 0 aromatic heterocycles. The van der Waals surface area contributed by atoms with Gasteiger partial charge in [-0.2, -0.15) is 0 Å². The average Bonchev–Trinajstić information content (AvgIpc) is 2.43. The molecule has 21 heavy (non-hydrogen) atoms. The van der Waals surface area contributed by atoms with Crippen LogP contribution >= 0.6 is 15.9 Å². The van der Waals surface area contributed by atoms with E-state index >= 15 is 0 Å². The van der Waals surface area contributed by atoms with Crippen molar-refractivity contribution in [1.82, 2.24) is 5.32 Å². The van der Waals surface area contributed by atoms with E-state index in [1.165, 1.54) is 12.0 Å². The second-order valence-electron chi connectivity index (χ2n) is 5.50. The third kappa shape index (κ3) is 5.51. The predicted molar refractivity (Wildman–Crippen MR) is 92.4 cm³/mol. The monoisotopic (exact) mass is 357 g/mol. The lowest BCUT2D eigenvalue weighted by molar-refractivity contribution is 0.286. The minimum atomic E-state index is 0.316.